The number of carboxylic acids is 1. The zero-order valence-corrected chi connectivity index (χ0v) is 33.0. The summed E-state index contributed by atoms with van der Waals surface area (Å²) in [4.78, 5) is 59.2. The number of carbonyl (C=O) groups excluding carboxylic acids is 3. The van der Waals surface area contributed by atoms with Gasteiger partial charge in [0, 0.05) is 78.3 Å². The van der Waals surface area contributed by atoms with Crippen LogP contribution in [0.3, 0.4) is 0 Å². The Balaban J connectivity index is 1.40. The van der Waals surface area contributed by atoms with Crippen molar-refractivity contribution in [3.05, 3.63) is 95.5 Å². The van der Waals surface area contributed by atoms with Crippen LogP contribution in [-0.2, 0) is 27.3 Å². The zero-order chi connectivity index (χ0) is 39.0. The number of hydrogen-bond donors (Lipinski definition) is 1. The molecule has 0 atom stereocenters. The molecule has 282 valence electrons. The molecule has 12 heteroatoms. The molecule has 6 aliphatic rings. The number of rotatable bonds is 4. The van der Waals surface area contributed by atoms with Crippen molar-refractivity contribution >= 4 is 69.4 Å². The summed E-state index contributed by atoms with van der Waals surface area (Å²) in [6, 6.07) is 5.42. The molecule has 0 bridgehead atoms. The highest BCUT2D eigenvalue weighted by Gasteiger charge is 2.43. The highest BCUT2D eigenvalue weighted by molar-refractivity contribution is 6.40. The molecule has 1 fully saturated rings. The molecule has 6 aliphatic heterocycles. The summed E-state index contributed by atoms with van der Waals surface area (Å²) in [5, 5.41) is 12.7. The number of aromatic carboxylic acids is 1. The number of imide groups is 1. The van der Waals surface area contributed by atoms with Crippen molar-refractivity contribution in [3.8, 4) is 11.5 Å². The third-order valence-electron chi connectivity index (χ3n) is 12.1. The second-order valence-electron chi connectivity index (χ2n) is 16.4. The lowest BCUT2D eigenvalue weighted by Gasteiger charge is -2.47. The Bertz CT molecular complexity index is 2580. The molecular weight excluding hydrogens is 741 g/mol. The average molecular weight is 782 g/mol. The zero-order valence-electron chi connectivity index (χ0n) is 31.5. The van der Waals surface area contributed by atoms with Gasteiger partial charge in [-0.25, -0.2) is 14.2 Å². The Hall–Kier alpha value is -4.93. The number of nitrogens with zero attached hydrogens (tertiary/aromatic N) is 3. The Morgan fingerprint density at radius 1 is 0.873 bits per heavy atom. The maximum atomic E-state index is 13.5. The number of carboxylic acid groups (broad SMARTS) is 1. The standard InChI is InChI=1S/C43H39Cl2N3O7/c1-20-18-42(3,4)46-13-7-9-22-36(46)24(20)15-26-32(27-16-25-21(2)19-43(5,6)47-14-8-10-23(37(25)47)39(27)54-38(22)26)33-29(44)17-28(35(45)34(33)40(51)52)41(53)55-48-30(49)11-12-31(48)50/h15-19H,7-14H2,1-6H3/p+1. The molecule has 0 spiro atoms. The third-order valence-corrected chi connectivity index (χ3v) is 12.7. The Labute approximate surface area is 327 Å². The summed E-state index contributed by atoms with van der Waals surface area (Å²) in [5.74, 6) is -2.64. The lowest BCUT2D eigenvalue weighted by Crippen LogP contribution is -2.53. The van der Waals surface area contributed by atoms with E-state index in [-0.39, 0.29) is 40.1 Å². The van der Waals surface area contributed by atoms with Crippen molar-refractivity contribution in [2.24, 2.45) is 0 Å². The minimum absolute atomic E-state index is 0.0654. The SMILES string of the molecule is CC1=CC(C)(C)N2CCCc3c4c(cc1c32)C(c1c(Cl)cc(C(=O)ON2C(=O)CCC2=O)c(Cl)c1C(=O)O)=c1cc2c3c(c1O4)CCC[N+]=3C(C)(C)C=C2C. The number of hydroxylamine groups is 2. The predicted octanol–water partition coefficient (Wildman–Crippen LogP) is 6.85. The lowest BCUT2D eigenvalue weighted by molar-refractivity contribution is -0.172. The first-order valence-corrected chi connectivity index (χ1v) is 19.5. The van der Waals surface area contributed by atoms with Gasteiger partial charge in [0.1, 0.15) is 18.0 Å². The van der Waals surface area contributed by atoms with Crippen LogP contribution in [0.5, 0.6) is 11.5 Å². The molecule has 1 N–H and O–H groups in total. The fourth-order valence-electron chi connectivity index (χ4n) is 9.81. The minimum atomic E-state index is -1.42. The van der Waals surface area contributed by atoms with Crippen molar-refractivity contribution in [1.29, 1.82) is 0 Å². The minimum Gasteiger partial charge on any atom is -0.478 e. The molecule has 55 heavy (non-hydrogen) atoms. The maximum Gasteiger partial charge on any atom is 0.365 e. The van der Waals surface area contributed by atoms with Crippen molar-refractivity contribution in [3.63, 3.8) is 0 Å². The Kier molecular flexibility index (Phi) is 7.82. The Morgan fingerprint density at radius 3 is 2.27 bits per heavy atom. The molecule has 0 unspecified atom stereocenters. The molecule has 10 nitrogen and oxygen atoms in total. The van der Waals surface area contributed by atoms with Crippen LogP contribution in [0.15, 0.2) is 30.4 Å². The van der Waals surface area contributed by atoms with Crippen LogP contribution in [0.25, 0.3) is 16.7 Å². The molecule has 3 aromatic rings. The first-order valence-electron chi connectivity index (χ1n) is 18.7. The van der Waals surface area contributed by atoms with Crippen molar-refractivity contribution in [1.82, 2.24) is 9.64 Å². The fraction of sp³-hybridized carbons (Fsp3) is 0.372. The average Bonchev–Trinajstić information content (AvgIpc) is 3.44. The van der Waals surface area contributed by atoms with Crippen LogP contribution < -0.4 is 24.8 Å². The van der Waals surface area contributed by atoms with E-state index in [1.54, 1.807) is 0 Å². The second-order valence-corrected chi connectivity index (χ2v) is 17.2. The number of hydrogen-bond acceptors (Lipinski definition) is 7. The number of halogens is 2. The van der Waals surface area contributed by atoms with Gasteiger partial charge in [-0.1, -0.05) is 29.3 Å². The molecule has 1 saturated heterocycles. The van der Waals surface area contributed by atoms with Crippen LogP contribution in [-0.4, -0.2) is 58.1 Å². The molecule has 3 aromatic carbocycles. The largest absolute Gasteiger partial charge is 0.478 e. The van der Waals surface area contributed by atoms with E-state index in [0.29, 0.717) is 32.9 Å². The normalized spacial score (nSPS) is 19.9. The topological polar surface area (TPSA) is 116 Å². The quantitative estimate of drug-likeness (QED) is 0.177. The molecule has 0 radical (unpaired) electrons. The number of allylic oxidation sites excluding steroid dienone is 2. The summed E-state index contributed by atoms with van der Waals surface area (Å²) in [7, 11) is 0. The van der Waals surface area contributed by atoms with E-state index in [4.69, 9.17) is 32.8 Å². The van der Waals surface area contributed by atoms with Gasteiger partial charge < -0.3 is 19.6 Å². The summed E-state index contributed by atoms with van der Waals surface area (Å²) < 4.78 is 9.66. The number of ether oxygens (including phenoxy) is 1. The first-order chi connectivity index (χ1) is 26.0. The van der Waals surface area contributed by atoms with Crippen LogP contribution >= 0.6 is 23.2 Å². The predicted molar refractivity (Wildman–Crippen MR) is 209 cm³/mol. The summed E-state index contributed by atoms with van der Waals surface area (Å²) >= 11 is 14.1. The van der Waals surface area contributed by atoms with Gasteiger partial charge in [0.05, 0.1) is 38.0 Å². The Morgan fingerprint density at radius 2 is 1.56 bits per heavy atom. The van der Waals surface area contributed by atoms with E-state index in [0.717, 1.165) is 83.2 Å². The lowest BCUT2D eigenvalue weighted by atomic mass is 9.78. The molecule has 9 rings (SSSR count). The van der Waals surface area contributed by atoms with E-state index in [1.165, 1.54) is 6.07 Å². The van der Waals surface area contributed by atoms with Gasteiger partial charge in [-0.05, 0) is 82.4 Å². The second kappa shape index (κ2) is 12.0. The number of carbonyl (C=O) groups is 4. The van der Waals surface area contributed by atoms with E-state index in [1.807, 2.05) is 0 Å². The molecule has 0 saturated carbocycles. The van der Waals surface area contributed by atoms with Crippen LogP contribution in [0, 0.1) is 0 Å². The van der Waals surface area contributed by atoms with Gasteiger partial charge in [0.2, 0.25) is 5.36 Å². The first kappa shape index (κ1) is 35.8. The van der Waals surface area contributed by atoms with Crippen molar-refractivity contribution in [2.45, 2.75) is 91.1 Å². The molecule has 0 aromatic heterocycles. The summed E-state index contributed by atoms with van der Waals surface area (Å²) in [6.45, 7) is 14.8. The van der Waals surface area contributed by atoms with Crippen LogP contribution in [0.2, 0.25) is 10.0 Å². The van der Waals surface area contributed by atoms with Gasteiger partial charge in [0.15, 0.2) is 5.54 Å². The van der Waals surface area contributed by atoms with Crippen LogP contribution in [0.4, 0.5) is 5.69 Å². The number of benzene rings is 3. The summed E-state index contributed by atoms with van der Waals surface area (Å²) in [6.07, 6.45) is 7.64. The molecule has 0 aliphatic carbocycles. The highest BCUT2D eigenvalue weighted by atomic mass is 35.5. The van der Waals surface area contributed by atoms with Gasteiger partial charge in [-0.2, -0.15) is 0 Å². The van der Waals surface area contributed by atoms with E-state index < -0.39 is 34.3 Å². The van der Waals surface area contributed by atoms with E-state index in [2.05, 4.69) is 75.3 Å². The van der Waals surface area contributed by atoms with Gasteiger partial charge in [-0.15, -0.1) is 5.06 Å². The number of anilines is 1. The summed E-state index contributed by atoms with van der Waals surface area (Å²) in [5.41, 5.74) is 7.55. The van der Waals surface area contributed by atoms with Crippen molar-refractivity contribution < 1.29 is 33.9 Å². The third kappa shape index (κ3) is 5.10. The molecule has 2 amide bonds. The van der Waals surface area contributed by atoms with Gasteiger partial charge in [0.25, 0.3) is 11.8 Å². The molecular formula is C43H40Cl2N3O7+. The van der Waals surface area contributed by atoms with E-state index >= 15 is 0 Å². The van der Waals surface area contributed by atoms with Crippen LogP contribution in [0.1, 0.15) is 121 Å². The van der Waals surface area contributed by atoms with Gasteiger partial charge in [-0.3, -0.25) is 9.59 Å². The molecule has 6 heterocycles. The number of fused-ring (bicyclic) bond motifs is 4. The fourth-order valence-corrected chi connectivity index (χ4v) is 10.4. The smallest absolute Gasteiger partial charge is 0.365 e. The maximum absolute atomic E-state index is 13.5. The monoisotopic (exact) mass is 780 g/mol. The van der Waals surface area contributed by atoms with Crippen molar-refractivity contribution in [2.75, 3.05) is 18.0 Å². The van der Waals surface area contributed by atoms with E-state index in [9.17, 15) is 24.3 Å². The highest BCUT2D eigenvalue weighted by Crippen LogP contribution is 2.53. The van der Waals surface area contributed by atoms with Gasteiger partial charge >= 0.3 is 11.9 Å². The number of amides is 2.